The molecule has 0 radical (unpaired) electrons. The molecule has 3 rings (SSSR count). The minimum absolute atomic E-state index is 0.140. The zero-order valence-electron chi connectivity index (χ0n) is 14.5. The number of carbonyl (C=O) groups excluding carboxylic acids is 2. The van der Waals surface area contributed by atoms with Gasteiger partial charge >= 0.3 is 6.03 Å². The third-order valence-corrected chi connectivity index (χ3v) is 5.94. The number of hydrogen-bond acceptors (Lipinski definition) is 4. The number of aryl methyl sites for hydroxylation is 1. The summed E-state index contributed by atoms with van der Waals surface area (Å²) < 4.78 is 1.00. The van der Waals surface area contributed by atoms with E-state index in [0.29, 0.717) is 10.8 Å². The predicted molar refractivity (Wildman–Crippen MR) is 108 cm³/mol. The highest BCUT2D eigenvalue weighted by atomic mass is 79.9. The molecule has 2 aromatic rings. The average molecular weight is 437 g/mol. The third kappa shape index (κ3) is 5.28. The van der Waals surface area contributed by atoms with Crippen molar-refractivity contribution in [2.24, 2.45) is 0 Å². The number of urea groups is 1. The molecular formula is C18H21BrN4O2S. The summed E-state index contributed by atoms with van der Waals surface area (Å²) in [7, 11) is 0. The highest BCUT2D eigenvalue weighted by Crippen LogP contribution is 2.21. The maximum Gasteiger partial charge on any atom is 0.321 e. The van der Waals surface area contributed by atoms with E-state index in [0.717, 1.165) is 28.6 Å². The number of aromatic nitrogens is 1. The van der Waals surface area contributed by atoms with Crippen LogP contribution in [0, 0.1) is 6.92 Å². The lowest BCUT2D eigenvalue weighted by Gasteiger charge is -2.11. The normalized spacial score (nSPS) is 14.2. The van der Waals surface area contributed by atoms with Crippen LogP contribution in [0.2, 0.25) is 0 Å². The molecule has 1 aliphatic rings. The number of benzene rings is 1. The smallest absolute Gasteiger partial charge is 0.321 e. The lowest BCUT2D eigenvalue weighted by atomic mass is 10.2. The summed E-state index contributed by atoms with van der Waals surface area (Å²) in [6.45, 7) is 1.97. The Hall–Kier alpha value is -1.93. The maximum atomic E-state index is 12.2. The van der Waals surface area contributed by atoms with Gasteiger partial charge in [0, 0.05) is 21.6 Å². The number of halogens is 1. The van der Waals surface area contributed by atoms with Crippen molar-refractivity contribution in [3.05, 3.63) is 39.3 Å². The van der Waals surface area contributed by atoms with Crippen molar-refractivity contribution in [3.8, 4) is 0 Å². The van der Waals surface area contributed by atoms with Crippen LogP contribution in [0.1, 0.15) is 36.9 Å². The number of rotatable bonds is 5. The first-order valence-corrected chi connectivity index (χ1v) is 10.2. The van der Waals surface area contributed by atoms with Gasteiger partial charge in [-0.05, 0) is 43.5 Å². The molecule has 26 heavy (non-hydrogen) atoms. The maximum absolute atomic E-state index is 12.2. The zero-order valence-corrected chi connectivity index (χ0v) is 16.9. The molecule has 1 aliphatic carbocycles. The molecule has 3 amide bonds. The molecule has 1 aromatic heterocycles. The summed E-state index contributed by atoms with van der Waals surface area (Å²) >= 11 is 4.76. The van der Waals surface area contributed by atoms with E-state index in [1.807, 2.05) is 25.1 Å². The quantitative estimate of drug-likeness (QED) is 0.646. The molecule has 6 nitrogen and oxygen atoms in total. The van der Waals surface area contributed by atoms with Gasteiger partial charge < -0.3 is 10.6 Å². The first kappa shape index (κ1) is 18.8. The fourth-order valence-electron chi connectivity index (χ4n) is 2.93. The minimum atomic E-state index is -0.229. The second kappa shape index (κ2) is 8.64. The Bertz CT molecular complexity index is 802. The van der Waals surface area contributed by atoms with Crippen LogP contribution >= 0.6 is 27.3 Å². The van der Waals surface area contributed by atoms with E-state index in [9.17, 15) is 9.59 Å². The largest absolute Gasteiger partial charge is 0.335 e. The van der Waals surface area contributed by atoms with E-state index >= 15 is 0 Å². The Balaban J connectivity index is 1.50. The van der Waals surface area contributed by atoms with Gasteiger partial charge in [-0.3, -0.25) is 10.1 Å². The number of nitrogens with one attached hydrogen (secondary N) is 3. The standard InChI is InChI=1S/C18H21BrN4O2S/c1-11-8-13(6-7-15(11)19)20-16(24)9-14-10-26-18(22-14)23-17(25)21-12-4-2-3-5-12/h6-8,10,12H,2-5,9H2,1H3,(H,20,24)(H2,21,22,23,25). The van der Waals surface area contributed by atoms with Gasteiger partial charge in [0.25, 0.3) is 0 Å². The van der Waals surface area contributed by atoms with Gasteiger partial charge in [-0.1, -0.05) is 28.8 Å². The van der Waals surface area contributed by atoms with Crippen LogP contribution in [0.15, 0.2) is 28.1 Å². The summed E-state index contributed by atoms with van der Waals surface area (Å²) in [6, 6.07) is 5.68. The van der Waals surface area contributed by atoms with Crippen LogP contribution in [0.3, 0.4) is 0 Å². The van der Waals surface area contributed by atoms with Crippen molar-refractivity contribution < 1.29 is 9.59 Å². The van der Waals surface area contributed by atoms with E-state index in [-0.39, 0.29) is 24.4 Å². The SMILES string of the molecule is Cc1cc(NC(=O)Cc2csc(NC(=O)NC3CCCC3)n2)ccc1Br. The van der Waals surface area contributed by atoms with Crippen molar-refractivity contribution in [3.63, 3.8) is 0 Å². The Morgan fingerprint density at radius 3 is 2.77 bits per heavy atom. The first-order valence-electron chi connectivity index (χ1n) is 8.57. The summed E-state index contributed by atoms with van der Waals surface area (Å²) in [4.78, 5) is 28.5. The van der Waals surface area contributed by atoms with Crippen molar-refractivity contribution >= 4 is 50.0 Å². The Kier molecular flexibility index (Phi) is 6.26. The molecule has 1 heterocycles. The van der Waals surface area contributed by atoms with Gasteiger partial charge in [0.2, 0.25) is 5.91 Å². The Morgan fingerprint density at radius 2 is 2.04 bits per heavy atom. The molecule has 1 fully saturated rings. The second-order valence-corrected chi connectivity index (χ2v) is 8.13. The van der Waals surface area contributed by atoms with Crippen LogP contribution in [-0.4, -0.2) is 23.0 Å². The van der Waals surface area contributed by atoms with E-state index in [4.69, 9.17) is 0 Å². The summed E-state index contributed by atoms with van der Waals surface area (Å²) in [5, 5.41) is 10.9. The molecule has 1 aromatic carbocycles. The molecule has 0 atom stereocenters. The van der Waals surface area contributed by atoms with Gasteiger partial charge in [0.05, 0.1) is 12.1 Å². The van der Waals surface area contributed by atoms with E-state index in [2.05, 4.69) is 36.9 Å². The molecule has 0 unspecified atom stereocenters. The van der Waals surface area contributed by atoms with Crippen LogP contribution in [-0.2, 0) is 11.2 Å². The van der Waals surface area contributed by atoms with Crippen LogP contribution in [0.25, 0.3) is 0 Å². The van der Waals surface area contributed by atoms with Gasteiger partial charge in [0.15, 0.2) is 5.13 Å². The molecule has 3 N–H and O–H groups in total. The summed E-state index contributed by atoms with van der Waals surface area (Å²) in [6.07, 6.45) is 4.56. The molecule has 138 valence electrons. The van der Waals surface area contributed by atoms with Gasteiger partial charge in [-0.15, -0.1) is 11.3 Å². The van der Waals surface area contributed by atoms with Gasteiger partial charge in [0.1, 0.15) is 0 Å². The fourth-order valence-corrected chi connectivity index (χ4v) is 3.88. The molecule has 1 saturated carbocycles. The molecular weight excluding hydrogens is 416 g/mol. The van der Waals surface area contributed by atoms with Crippen molar-refractivity contribution in [1.82, 2.24) is 10.3 Å². The number of hydrogen-bond donors (Lipinski definition) is 3. The fraction of sp³-hybridized carbons (Fsp3) is 0.389. The summed E-state index contributed by atoms with van der Waals surface area (Å²) in [5.41, 5.74) is 2.44. The van der Waals surface area contributed by atoms with Gasteiger partial charge in [-0.2, -0.15) is 0 Å². The second-order valence-electron chi connectivity index (χ2n) is 6.41. The Morgan fingerprint density at radius 1 is 1.27 bits per heavy atom. The monoisotopic (exact) mass is 436 g/mol. The van der Waals surface area contributed by atoms with Crippen molar-refractivity contribution in [1.29, 1.82) is 0 Å². The predicted octanol–water partition coefficient (Wildman–Crippen LogP) is 4.46. The first-order chi connectivity index (χ1) is 12.5. The molecule has 0 spiro atoms. The molecule has 0 saturated heterocycles. The summed E-state index contributed by atoms with van der Waals surface area (Å²) in [5.74, 6) is -0.140. The molecule has 0 bridgehead atoms. The molecule has 0 aliphatic heterocycles. The number of nitrogens with zero attached hydrogens (tertiary/aromatic N) is 1. The van der Waals surface area contributed by atoms with Crippen molar-refractivity contribution in [2.45, 2.75) is 45.1 Å². The minimum Gasteiger partial charge on any atom is -0.335 e. The molecule has 8 heteroatoms. The Labute approximate surface area is 164 Å². The highest BCUT2D eigenvalue weighted by Gasteiger charge is 2.17. The van der Waals surface area contributed by atoms with Crippen LogP contribution < -0.4 is 16.0 Å². The number of carbonyl (C=O) groups is 2. The van der Waals surface area contributed by atoms with Crippen molar-refractivity contribution in [2.75, 3.05) is 10.6 Å². The highest BCUT2D eigenvalue weighted by molar-refractivity contribution is 9.10. The third-order valence-electron chi connectivity index (χ3n) is 4.25. The van der Waals surface area contributed by atoms with E-state index in [1.54, 1.807) is 5.38 Å². The average Bonchev–Trinajstić information content (AvgIpc) is 3.23. The van der Waals surface area contributed by atoms with E-state index < -0.39 is 0 Å². The van der Waals surface area contributed by atoms with E-state index in [1.165, 1.54) is 24.2 Å². The zero-order chi connectivity index (χ0) is 18.5. The number of thiazole rings is 1. The van der Waals surface area contributed by atoms with Crippen LogP contribution in [0.4, 0.5) is 15.6 Å². The lowest BCUT2D eigenvalue weighted by molar-refractivity contribution is -0.115. The number of amides is 3. The topological polar surface area (TPSA) is 83.1 Å². The van der Waals surface area contributed by atoms with Crippen LogP contribution in [0.5, 0.6) is 0 Å². The van der Waals surface area contributed by atoms with Gasteiger partial charge in [-0.25, -0.2) is 9.78 Å². The number of anilines is 2. The lowest BCUT2D eigenvalue weighted by Crippen LogP contribution is -2.36.